The number of ether oxygens (including phenoxy) is 1. The Morgan fingerprint density at radius 2 is 1.88 bits per heavy atom. The summed E-state index contributed by atoms with van der Waals surface area (Å²) in [4.78, 5) is 38.9. The number of aromatic amines is 1. The van der Waals surface area contributed by atoms with Gasteiger partial charge in [-0.1, -0.05) is 26.7 Å². The lowest BCUT2D eigenvalue weighted by Crippen LogP contribution is -2.45. The molecule has 3 atom stereocenters. The number of nitrogens with one attached hydrogen (secondary N) is 2. The van der Waals surface area contributed by atoms with Gasteiger partial charge in [0.05, 0.1) is 0 Å². The van der Waals surface area contributed by atoms with Gasteiger partial charge in [0.1, 0.15) is 5.69 Å². The van der Waals surface area contributed by atoms with E-state index in [9.17, 15) is 14.4 Å². The van der Waals surface area contributed by atoms with Gasteiger partial charge in [0.25, 0.3) is 5.91 Å². The number of hydrogen-bond acceptors (Lipinski definition) is 4. The third-order valence-electron chi connectivity index (χ3n) is 5.38. The number of aromatic nitrogens is 1. The Labute approximate surface area is 148 Å². The van der Waals surface area contributed by atoms with E-state index in [2.05, 4.69) is 24.1 Å². The monoisotopic (exact) mass is 348 g/mol. The van der Waals surface area contributed by atoms with Crippen molar-refractivity contribution in [2.75, 3.05) is 6.61 Å². The topological polar surface area (TPSA) is 88.3 Å². The highest BCUT2D eigenvalue weighted by molar-refractivity contribution is 6.01. The zero-order valence-corrected chi connectivity index (χ0v) is 15.7. The van der Waals surface area contributed by atoms with E-state index in [4.69, 9.17) is 4.74 Å². The number of esters is 1. The molecule has 0 radical (unpaired) electrons. The molecule has 1 aromatic rings. The van der Waals surface area contributed by atoms with Crippen molar-refractivity contribution in [3.63, 3.8) is 0 Å². The van der Waals surface area contributed by atoms with E-state index >= 15 is 0 Å². The lowest BCUT2D eigenvalue weighted by atomic mass is 9.78. The minimum atomic E-state index is -0.617. The SMILES string of the molecule is CC(=O)c1c(C)[nH]c(C(=O)OCC(=O)N[C@@H]2CCC[C@H](C)[C@H]2C)c1C. The quantitative estimate of drug-likeness (QED) is 0.632. The zero-order valence-electron chi connectivity index (χ0n) is 15.7. The summed E-state index contributed by atoms with van der Waals surface area (Å²) >= 11 is 0. The Kier molecular flexibility index (Phi) is 6.03. The summed E-state index contributed by atoms with van der Waals surface area (Å²) in [5.74, 6) is -0.0141. The molecule has 1 aliphatic carbocycles. The summed E-state index contributed by atoms with van der Waals surface area (Å²) in [7, 11) is 0. The van der Waals surface area contributed by atoms with Crippen molar-refractivity contribution in [3.05, 3.63) is 22.5 Å². The Bertz CT molecular complexity index is 677. The predicted octanol–water partition coefficient (Wildman–Crippen LogP) is 2.93. The molecule has 1 aliphatic rings. The van der Waals surface area contributed by atoms with Crippen LogP contribution in [0.4, 0.5) is 0 Å². The maximum absolute atomic E-state index is 12.2. The number of hydrogen-bond donors (Lipinski definition) is 2. The molecule has 0 bridgehead atoms. The smallest absolute Gasteiger partial charge is 0.355 e. The van der Waals surface area contributed by atoms with Crippen LogP contribution in [0.15, 0.2) is 0 Å². The summed E-state index contributed by atoms with van der Waals surface area (Å²) in [6.07, 6.45) is 3.25. The molecule has 25 heavy (non-hydrogen) atoms. The summed E-state index contributed by atoms with van der Waals surface area (Å²) in [6.45, 7) is 8.92. The summed E-state index contributed by atoms with van der Waals surface area (Å²) in [5.41, 5.74) is 1.92. The maximum atomic E-state index is 12.2. The minimum absolute atomic E-state index is 0.108. The number of carbonyl (C=O) groups excluding carboxylic acids is 3. The van der Waals surface area contributed by atoms with E-state index in [1.807, 2.05) is 0 Å². The van der Waals surface area contributed by atoms with Gasteiger partial charge in [0.15, 0.2) is 12.4 Å². The van der Waals surface area contributed by atoms with Gasteiger partial charge in [-0.05, 0) is 44.6 Å². The highest BCUT2D eigenvalue weighted by Gasteiger charge is 2.28. The van der Waals surface area contributed by atoms with Gasteiger partial charge >= 0.3 is 5.97 Å². The summed E-state index contributed by atoms with van der Waals surface area (Å²) in [6, 6.07) is 0.133. The molecular formula is C19H28N2O4. The molecule has 1 saturated carbocycles. The van der Waals surface area contributed by atoms with E-state index in [0.717, 1.165) is 12.8 Å². The summed E-state index contributed by atoms with van der Waals surface area (Å²) < 4.78 is 5.13. The van der Waals surface area contributed by atoms with E-state index in [0.29, 0.717) is 28.7 Å². The first-order chi connectivity index (χ1) is 11.7. The third kappa shape index (κ3) is 4.30. The van der Waals surface area contributed by atoms with Gasteiger partial charge in [-0.25, -0.2) is 4.79 Å². The van der Waals surface area contributed by atoms with E-state index < -0.39 is 5.97 Å². The number of ketones is 1. The molecule has 2 N–H and O–H groups in total. The number of Topliss-reactive ketones (excluding diaryl/α,β-unsaturated/α-hetero) is 1. The van der Waals surface area contributed by atoms with Crippen molar-refractivity contribution in [2.45, 2.75) is 59.9 Å². The van der Waals surface area contributed by atoms with Gasteiger partial charge in [0.2, 0.25) is 0 Å². The first kappa shape index (κ1) is 19.2. The Morgan fingerprint density at radius 1 is 1.20 bits per heavy atom. The Balaban J connectivity index is 1.93. The number of amides is 1. The first-order valence-corrected chi connectivity index (χ1v) is 8.89. The van der Waals surface area contributed by atoms with Crippen LogP contribution in [0, 0.1) is 25.7 Å². The Morgan fingerprint density at radius 3 is 2.48 bits per heavy atom. The van der Waals surface area contributed by atoms with Crippen LogP contribution in [0.25, 0.3) is 0 Å². The van der Waals surface area contributed by atoms with E-state index in [1.165, 1.54) is 13.3 Å². The van der Waals surface area contributed by atoms with Crippen molar-refractivity contribution in [1.82, 2.24) is 10.3 Å². The molecule has 0 spiro atoms. The van der Waals surface area contributed by atoms with Crippen LogP contribution in [-0.4, -0.2) is 35.3 Å². The second kappa shape index (κ2) is 7.85. The number of aryl methyl sites for hydroxylation is 1. The zero-order chi connectivity index (χ0) is 18.7. The average Bonchev–Trinajstić information content (AvgIpc) is 2.84. The molecule has 0 aliphatic heterocycles. The van der Waals surface area contributed by atoms with Crippen LogP contribution >= 0.6 is 0 Å². The van der Waals surface area contributed by atoms with Crippen LogP contribution < -0.4 is 5.32 Å². The van der Waals surface area contributed by atoms with Gasteiger partial charge in [-0.15, -0.1) is 0 Å². The molecular weight excluding hydrogens is 320 g/mol. The van der Waals surface area contributed by atoms with Crippen molar-refractivity contribution in [1.29, 1.82) is 0 Å². The lowest BCUT2D eigenvalue weighted by molar-refractivity contribution is -0.125. The second-order valence-electron chi connectivity index (χ2n) is 7.20. The number of H-pyrrole nitrogens is 1. The largest absolute Gasteiger partial charge is 0.451 e. The molecule has 1 heterocycles. The standard InChI is InChI=1S/C19H28N2O4/c1-10-7-6-8-15(11(10)2)21-16(23)9-25-19(24)18-12(3)17(14(5)22)13(4)20-18/h10-11,15,20H,6-9H2,1-5H3,(H,21,23)/t10-,11+,15+/m0/s1. The highest BCUT2D eigenvalue weighted by atomic mass is 16.5. The maximum Gasteiger partial charge on any atom is 0.355 e. The van der Waals surface area contributed by atoms with Crippen molar-refractivity contribution in [3.8, 4) is 0 Å². The molecule has 0 saturated heterocycles. The fourth-order valence-corrected chi connectivity index (χ4v) is 3.72. The molecule has 1 aromatic heterocycles. The van der Waals surface area contributed by atoms with Crippen LogP contribution in [0.1, 0.15) is 72.1 Å². The molecule has 6 heteroatoms. The fourth-order valence-electron chi connectivity index (χ4n) is 3.72. The molecule has 138 valence electrons. The van der Waals surface area contributed by atoms with Crippen LogP contribution in [-0.2, 0) is 9.53 Å². The van der Waals surface area contributed by atoms with E-state index in [-0.39, 0.29) is 30.0 Å². The fraction of sp³-hybridized carbons (Fsp3) is 0.632. The molecule has 0 unspecified atom stereocenters. The normalized spacial score (nSPS) is 23.2. The van der Waals surface area contributed by atoms with Gasteiger partial charge < -0.3 is 15.0 Å². The van der Waals surface area contributed by atoms with Crippen molar-refractivity contribution in [2.24, 2.45) is 11.8 Å². The van der Waals surface area contributed by atoms with Crippen LogP contribution in [0.3, 0.4) is 0 Å². The third-order valence-corrected chi connectivity index (χ3v) is 5.38. The average molecular weight is 348 g/mol. The molecule has 1 amide bonds. The van der Waals surface area contributed by atoms with Gasteiger partial charge in [-0.3, -0.25) is 9.59 Å². The van der Waals surface area contributed by atoms with Crippen LogP contribution in [0.2, 0.25) is 0 Å². The first-order valence-electron chi connectivity index (χ1n) is 8.89. The molecule has 2 rings (SSSR count). The molecule has 6 nitrogen and oxygen atoms in total. The van der Waals surface area contributed by atoms with E-state index in [1.54, 1.807) is 13.8 Å². The van der Waals surface area contributed by atoms with Gasteiger partial charge in [-0.2, -0.15) is 0 Å². The summed E-state index contributed by atoms with van der Waals surface area (Å²) in [5, 5.41) is 2.97. The number of carbonyl (C=O) groups is 3. The van der Waals surface area contributed by atoms with Gasteiger partial charge in [0, 0.05) is 17.3 Å². The minimum Gasteiger partial charge on any atom is -0.451 e. The molecule has 1 fully saturated rings. The second-order valence-corrected chi connectivity index (χ2v) is 7.20. The van der Waals surface area contributed by atoms with Crippen molar-refractivity contribution < 1.29 is 19.1 Å². The van der Waals surface area contributed by atoms with Crippen LogP contribution in [0.5, 0.6) is 0 Å². The highest BCUT2D eigenvalue weighted by Crippen LogP contribution is 2.29. The van der Waals surface area contributed by atoms with Crippen molar-refractivity contribution >= 4 is 17.7 Å². The molecule has 0 aromatic carbocycles. The Hall–Kier alpha value is -2.11. The predicted molar refractivity (Wildman–Crippen MR) is 94.7 cm³/mol. The number of rotatable bonds is 5. The lowest BCUT2D eigenvalue weighted by Gasteiger charge is -2.34.